The molecule has 0 aromatic heterocycles. The topological polar surface area (TPSA) is 0 Å². The van der Waals surface area contributed by atoms with Gasteiger partial charge in [0.1, 0.15) is 0 Å². The Kier molecular flexibility index (Phi) is 6.40. The molecule has 0 aliphatic carbocycles. The first kappa shape index (κ1) is 21.5. The molecule has 0 atom stereocenters. The van der Waals surface area contributed by atoms with Gasteiger partial charge in [0, 0.05) is 0 Å². The molecule has 158 valence electrons. The quantitative estimate of drug-likeness (QED) is 0.319. The molecule has 0 spiro atoms. The van der Waals surface area contributed by atoms with Crippen LogP contribution < -0.4 is 21.2 Å². The van der Waals surface area contributed by atoms with Crippen LogP contribution in [0, 0.1) is 0 Å². The normalized spacial score (nSPS) is 12.3. The second-order valence-electron chi connectivity index (χ2n) is 8.97. The van der Waals surface area contributed by atoms with Gasteiger partial charge in [-0.3, -0.25) is 0 Å². The van der Waals surface area contributed by atoms with Crippen molar-refractivity contribution in [2.45, 2.75) is 39.5 Å². The molecule has 4 aromatic carbocycles. The number of benzene rings is 4. The summed E-state index contributed by atoms with van der Waals surface area (Å²) < 4.78 is 0. The fourth-order valence-corrected chi connectivity index (χ4v) is 10.5. The Morgan fingerprint density at radius 2 is 0.742 bits per heavy atom. The van der Waals surface area contributed by atoms with Crippen LogP contribution in [0.3, 0.4) is 0 Å². The van der Waals surface area contributed by atoms with E-state index >= 15 is 0 Å². The average Bonchev–Trinajstić information content (AvgIpc) is 2.81. The van der Waals surface area contributed by atoms with Crippen LogP contribution in [0.2, 0.25) is 0 Å². The van der Waals surface area contributed by atoms with Gasteiger partial charge in [0.05, 0.1) is 0 Å². The fourth-order valence-electron chi connectivity index (χ4n) is 4.99. The van der Waals surface area contributed by atoms with Crippen molar-refractivity contribution in [2.24, 2.45) is 0 Å². The fraction of sp³-hybridized carbons (Fsp3) is 0.200. The van der Waals surface area contributed by atoms with Crippen LogP contribution >= 0.6 is 7.26 Å². The van der Waals surface area contributed by atoms with E-state index in [0.29, 0.717) is 11.8 Å². The van der Waals surface area contributed by atoms with Crippen molar-refractivity contribution >= 4 is 28.5 Å². The standard InChI is InChI=1S/C30H33P/c1-23(2)27-19-11-13-21-29(27)31(25-15-7-5-8-16-25,26-17-9-6-10-18-26)30-22-14-12-20-28(30)24(3)4/h5-24,31H,1-4H3. The Labute approximate surface area is 188 Å². The summed E-state index contributed by atoms with van der Waals surface area (Å²) in [7, 11) is -2.51. The molecular weight excluding hydrogens is 391 g/mol. The van der Waals surface area contributed by atoms with E-state index in [1.807, 2.05) is 0 Å². The molecule has 0 aliphatic rings. The molecule has 0 amide bonds. The molecule has 0 bridgehead atoms. The van der Waals surface area contributed by atoms with E-state index in [0.717, 1.165) is 0 Å². The molecule has 0 radical (unpaired) electrons. The van der Waals surface area contributed by atoms with Crippen molar-refractivity contribution in [3.05, 3.63) is 120 Å². The zero-order valence-corrected chi connectivity index (χ0v) is 20.0. The SMILES string of the molecule is CC(C)c1ccccc1[PH](c1ccccc1)(c1ccccc1)c1ccccc1C(C)C. The summed E-state index contributed by atoms with van der Waals surface area (Å²) >= 11 is 0. The van der Waals surface area contributed by atoms with Gasteiger partial charge >= 0.3 is 188 Å². The van der Waals surface area contributed by atoms with Gasteiger partial charge < -0.3 is 0 Å². The van der Waals surface area contributed by atoms with E-state index in [2.05, 4.69) is 137 Å². The van der Waals surface area contributed by atoms with Gasteiger partial charge in [-0.1, -0.05) is 0 Å². The van der Waals surface area contributed by atoms with Crippen molar-refractivity contribution < 1.29 is 0 Å². The van der Waals surface area contributed by atoms with E-state index in [1.54, 1.807) is 0 Å². The molecule has 0 saturated carbocycles. The average molecular weight is 425 g/mol. The Morgan fingerprint density at radius 3 is 1.10 bits per heavy atom. The van der Waals surface area contributed by atoms with Crippen molar-refractivity contribution in [1.29, 1.82) is 0 Å². The Bertz CT molecular complexity index is 1030. The third-order valence-electron chi connectivity index (χ3n) is 6.39. The summed E-state index contributed by atoms with van der Waals surface area (Å²) in [5.41, 5.74) is 2.92. The van der Waals surface area contributed by atoms with Crippen molar-refractivity contribution in [3.8, 4) is 0 Å². The molecule has 0 N–H and O–H groups in total. The zero-order valence-electron chi connectivity index (χ0n) is 19.0. The van der Waals surface area contributed by atoms with Crippen molar-refractivity contribution in [3.63, 3.8) is 0 Å². The molecule has 1 heteroatoms. The number of rotatable bonds is 6. The predicted molar refractivity (Wildman–Crippen MR) is 141 cm³/mol. The molecule has 4 aromatic rings. The van der Waals surface area contributed by atoms with Gasteiger partial charge in [0.25, 0.3) is 0 Å². The molecule has 0 nitrogen and oxygen atoms in total. The molecule has 0 unspecified atom stereocenters. The number of hydrogen-bond acceptors (Lipinski definition) is 0. The van der Waals surface area contributed by atoms with Gasteiger partial charge in [0.2, 0.25) is 0 Å². The molecular formula is C30H33P. The summed E-state index contributed by atoms with van der Waals surface area (Å²) in [6.45, 7) is 9.29. The molecule has 31 heavy (non-hydrogen) atoms. The van der Waals surface area contributed by atoms with Gasteiger partial charge in [-0.15, -0.1) is 0 Å². The molecule has 0 aliphatic heterocycles. The van der Waals surface area contributed by atoms with Crippen LogP contribution in [0.25, 0.3) is 0 Å². The van der Waals surface area contributed by atoms with E-state index in [9.17, 15) is 0 Å². The molecule has 0 fully saturated rings. The first-order valence-electron chi connectivity index (χ1n) is 11.4. The first-order chi connectivity index (χ1) is 15.1. The van der Waals surface area contributed by atoms with Crippen LogP contribution in [0.4, 0.5) is 0 Å². The van der Waals surface area contributed by atoms with E-state index in [4.69, 9.17) is 0 Å². The number of hydrogen-bond donors (Lipinski definition) is 0. The predicted octanol–water partition coefficient (Wildman–Crippen LogP) is 6.29. The van der Waals surface area contributed by atoms with Gasteiger partial charge in [-0.25, -0.2) is 0 Å². The van der Waals surface area contributed by atoms with E-state index in [1.165, 1.54) is 32.3 Å². The minimum atomic E-state index is -2.51. The van der Waals surface area contributed by atoms with Gasteiger partial charge in [-0.2, -0.15) is 0 Å². The summed E-state index contributed by atoms with van der Waals surface area (Å²) in [6.07, 6.45) is 0. The summed E-state index contributed by atoms with van der Waals surface area (Å²) in [4.78, 5) is 0. The summed E-state index contributed by atoms with van der Waals surface area (Å²) in [6, 6.07) is 40.8. The minimum absolute atomic E-state index is 0.460. The molecule has 0 heterocycles. The maximum absolute atomic E-state index is 2.51. The Balaban J connectivity index is 2.24. The third kappa shape index (κ3) is 3.86. The second-order valence-corrected chi connectivity index (χ2v) is 12.7. The first-order valence-corrected chi connectivity index (χ1v) is 13.4. The zero-order chi connectivity index (χ0) is 21.8. The monoisotopic (exact) mass is 424 g/mol. The van der Waals surface area contributed by atoms with Crippen LogP contribution in [0.15, 0.2) is 109 Å². The van der Waals surface area contributed by atoms with Crippen LogP contribution in [-0.4, -0.2) is 0 Å². The third-order valence-corrected chi connectivity index (χ3v) is 11.3. The molecule has 0 saturated heterocycles. The summed E-state index contributed by atoms with van der Waals surface area (Å²) in [5.74, 6) is 0.920. The Morgan fingerprint density at radius 1 is 0.419 bits per heavy atom. The van der Waals surface area contributed by atoms with Gasteiger partial charge in [0.15, 0.2) is 0 Å². The maximum atomic E-state index is 2.40. The van der Waals surface area contributed by atoms with Crippen LogP contribution in [0.5, 0.6) is 0 Å². The summed E-state index contributed by atoms with van der Waals surface area (Å²) in [5, 5.41) is 5.91. The van der Waals surface area contributed by atoms with Crippen LogP contribution in [-0.2, 0) is 0 Å². The van der Waals surface area contributed by atoms with Crippen LogP contribution in [0.1, 0.15) is 50.7 Å². The molecule has 4 rings (SSSR count). The van der Waals surface area contributed by atoms with Gasteiger partial charge in [-0.05, 0) is 0 Å². The van der Waals surface area contributed by atoms with Crippen molar-refractivity contribution in [2.75, 3.05) is 0 Å². The second kappa shape index (κ2) is 9.21. The van der Waals surface area contributed by atoms with Crippen molar-refractivity contribution in [1.82, 2.24) is 0 Å². The Hall–Kier alpha value is -2.69. The van der Waals surface area contributed by atoms with E-state index < -0.39 is 7.26 Å². The van der Waals surface area contributed by atoms with E-state index in [-0.39, 0.29) is 0 Å².